The molecule has 0 aliphatic heterocycles. The van der Waals surface area contributed by atoms with Crippen LogP contribution in [0.5, 0.6) is 11.5 Å². The van der Waals surface area contributed by atoms with Gasteiger partial charge in [-0.3, -0.25) is 4.98 Å². The molecule has 0 saturated carbocycles. The molecule has 0 radical (unpaired) electrons. The molecule has 3 aromatic rings. The van der Waals surface area contributed by atoms with Crippen LogP contribution in [-0.2, 0) is 16.1 Å². The van der Waals surface area contributed by atoms with Crippen molar-refractivity contribution in [1.82, 2.24) is 4.98 Å². The summed E-state index contributed by atoms with van der Waals surface area (Å²) >= 11 is 6.08. The minimum absolute atomic E-state index is 0.127. The number of carbonyl (C=O) groups is 2. The van der Waals surface area contributed by atoms with Crippen molar-refractivity contribution < 1.29 is 32.9 Å². The highest BCUT2D eigenvalue weighted by atomic mass is 35.5. The molecule has 0 amide bonds. The lowest BCUT2D eigenvalue weighted by molar-refractivity contribution is 0.0599. The topological polar surface area (TPSA) is 84.0 Å². The monoisotopic (exact) mass is 487 g/mol. The predicted molar refractivity (Wildman–Crippen MR) is 124 cm³/mol. The Morgan fingerprint density at radius 1 is 0.941 bits per heavy atom. The molecule has 2 aromatic carbocycles. The molecular formula is C25H23ClFNO6. The normalized spacial score (nSPS) is 10.6. The number of rotatable bonds is 7. The molecular weight excluding hydrogens is 465 g/mol. The summed E-state index contributed by atoms with van der Waals surface area (Å²) in [7, 11) is 3.93. The summed E-state index contributed by atoms with van der Waals surface area (Å²) in [5.74, 6) is -1.19. The second-order valence-electron chi connectivity index (χ2n) is 7.25. The van der Waals surface area contributed by atoms with Gasteiger partial charge in [0.25, 0.3) is 0 Å². The van der Waals surface area contributed by atoms with E-state index in [4.69, 9.17) is 30.5 Å². The van der Waals surface area contributed by atoms with Crippen LogP contribution in [0, 0.1) is 19.7 Å². The highest BCUT2D eigenvalue weighted by Crippen LogP contribution is 2.38. The number of aryl methyl sites for hydroxylation is 2. The molecule has 3 rings (SSSR count). The summed E-state index contributed by atoms with van der Waals surface area (Å²) in [5.41, 5.74) is 2.01. The fourth-order valence-corrected chi connectivity index (χ4v) is 3.82. The number of benzene rings is 2. The summed E-state index contributed by atoms with van der Waals surface area (Å²) in [4.78, 5) is 29.6. The van der Waals surface area contributed by atoms with Crippen LogP contribution in [0.3, 0.4) is 0 Å². The summed E-state index contributed by atoms with van der Waals surface area (Å²) in [6.45, 7) is 3.17. The number of esters is 2. The first-order valence-electron chi connectivity index (χ1n) is 10.1. The van der Waals surface area contributed by atoms with E-state index in [1.54, 1.807) is 38.1 Å². The van der Waals surface area contributed by atoms with Crippen LogP contribution in [0.2, 0.25) is 5.02 Å². The summed E-state index contributed by atoms with van der Waals surface area (Å²) in [6, 6.07) is 9.21. The largest absolute Gasteiger partial charge is 0.493 e. The Hall–Kier alpha value is -3.65. The van der Waals surface area contributed by atoms with Gasteiger partial charge < -0.3 is 18.9 Å². The maximum atomic E-state index is 14.1. The Bertz CT molecular complexity index is 1200. The molecule has 1 heterocycles. The molecule has 178 valence electrons. The lowest BCUT2D eigenvalue weighted by Crippen LogP contribution is -2.16. The third-order valence-electron chi connectivity index (χ3n) is 5.22. The zero-order valence-electron chi connectivity index (χ0n) is 19.3. The molecule has 0 bridgehead atoms. The zero-order chi connectivity index (χ0) is 25.0. The number of carbonyl (C=O) groups excluding carboxylic acids is 2. The van der Waals surface area contributed by atoms with Gasteiger partial charge in [0.05, 0.1) is 48.9 Å². The van der Waals surface area contributed by atoms with E-state index in [2.05, 4.69) is 4.98 Å². The quantitative estimate of drug-likeness (QED) is 0.417. The van der Waals surface area contributed by atoms with E-state index in [9.17, 15) is 14.0 Å². The van der Waals surface area contributed by atoms with E-state index >= 15 is 0 Å². The van der Waals surface area contributed by atoms with Gasteiger partial charge in [-0.15, -0.1) is 0 Å². The molecule has 1 aromatic heterocycles. The maximum Gasteiger partial charge on any atom is 0.340 e. The average Bonchev–Trinajstić information content (AvgIpc) is 2.82. The third kappa shape index (κ3) is 4.82. The third-order valence-corrected chi connectivity index (χ3v) is 5.58. The van der Waals surface area contributed by atoms with Crippen molar-refractivity contribution in [3.8, 4) is 22.6 Å². The van der Waals surface area contributed by atoms with Crippen molar-refractivity contribution in [3.05, 3.63) is 75.3 Å². The van der Waals surface area contributed by atoms with Crippen LogP contribution in [0.1, 0.15) is 37.7 Å². The average molecular weight is 488 g/mol. The Labute approximate surface area is 201 Å². The minimum Gasteiger partial charge on any atom is -0.493 e. The number of hydrogen-bond donors (Lipinski definition) is 0. The molecule has 0 saturated heterocycles. The van der Waals surface area contributed by atoms with Crippen molar-refractivity contribution in [2.24, 2.45) is 0 Å². The van der Waals surface area contributed by atoms with Crippen molar-refractivity contribution in [2.75, 3.05) is 21.3 Å². The molecule has 0 unspecified atom stereocenters. The Morgan fingerprint density at radius 2 is 1.56 bits per heavy atom. The smallest absolute Gasteiger partial charge is 0.340 e. The van der Waals surface area contributed by atoms with Gasteiger partial charge in [-0.2, -0.15) is 0 Å². The number of aromatic nitrogens is 1. The van der Waals surface area contributed by atoms with E-state index in [-0.39, 0.29) is 28.3 Å². The van der Waals surface area contributed by atoms with E-state index in [0.29, 0.717) is 34.0 Å². The van der Waals surface area contributed by atoms with Gasteiger partial charge in [0.15, 0.2) is 11.5 Å². The molecule has 0 fully saturated rings. The molecule has 0 N–H and O–H groups in total. The molecule has 0 aliphatic rings. The van der Waals surface area contributed by atoms with Crippen LogP contribution in [0.25, 0.3) is 11.1 Å². The van der Waals surface area contributed by atoms with E-state index in [0.717, 1.165) is 0 Å². The molecule has 0 atom stereocenters. The number of hydrogen-bond acceptors (Lipinski definition) is 7. The Kier molecular flexibility index (Phi) is 7.73. The van der Waals surface area contributed by atoms with Gasteiger partial charge >= 0.3 is 11.9 Å². The first kappa shape index (κ1) is 25.0. The van der Waals surface area contributed by atoms with Crippen LogP contribution < -0.4 is 9.47 Å². The first-order chi connectivity index (χ1) is 16.2. The second-order valence-corrected chi connectivity index (χ2v) is 7.65. The van der Waals surface area contributed by atoms with Gasteiger partial charge in [-0.25, -0.2) is 14.0 Å². The van der Waals surface area contributed by atoms with Gasteiger partial charge in [-0.1, -0.05) is 23.7 Å². The minimum atomic E-state index is -0.654. The van der Waals surface area contributed by atoms with Crippen molar-refractivity contribution in [3.63, 3.8) is 0 Å². The van der Waals surface area contributed by atoms with Gasteiger partial charge in [-0.05, 0) is 43.7 Å². The fourth-order valence-electron chi connectivity index (χ4n) is 3.60. The van der Waals surface area contributed by atoms with Crippen molar-refractivity contribution in [1.29, 1.82) is 0 Å². The van der Waals surface area contributed by atoms with E-state index in [1.807, 2.05) is 0 Å². The lowest BCUT2D eigenvalue weighted by Gasteiger charge is -2.18. The number of methoxy groups -OCH3 is 3. The highest BCUT2D eigenvalue weighted by molar-refractivity contribution is 6.31. The fraction of sp³-hybridized carbons (Fsp3) is 0.240. The van der Waals surface area contributed by atoms with Crippen LogP contribution in [0.4, 0.5) is 4.39 Å². The highest BCUT2D eigenvalue weighted by Gasteiger charge is 2.28. The Balaban J connectivity index is 2.13. The van der Waals surface area contributed by atoms with E-state index in [1.165, 1.54) is 33.5 Å². The van der Waals surface area contributed by atoms with Crippen molar-refractivity contribution in [2.45, 2.75) is 20.5 Å². The van der Waals surface area contributed by atoms with Gasteiger partial charge in [0.2, 0.25) is 0 Å². The molecule has 0 aliphatic carbocycles. The SMILES string of the molecule is COC(=O)c1c(C)nc(C)c(C(=O)OC)c1-c1ccc(OCc2c(F)cccc2Cl)c(OC)c1. The summed E-state index contributed by atoms with van der Waals surface area (Å²) in [6.07, 6.45) is 0. The van der Waals surface area contributed by atoms with Crippen molar-refractivity contribution >= 4 is 23.5 Å². The molecule has 7 nitrogen and oxygen atoms in total. The van der Waals surface area contributed by atoms with Crippen LogP contribution >= 0.6 is 11.6 Å². The number of nitrogens with zero attached hydrogens (tertiary/aromatic N) is 1. The van der Waals surface area contributed by atoms with Gasteiger partial charge in [0, 0.05) is 11.1 Å². The first-order valence-corrected chi connectivity index (χ1v) is 10.5. The maximum absolute atomic E-state index is 14.1. The standard InChI is InChI=1S/C25H23ClFNO6/c1-13-21(24(29)32-4)23(22(14(2)28-13)25(30)33-5)15-9-10-19(20(11-15)31-3)34-12-16-17(26)7-6-8-18(16)27/h6-11H,12H2,1-5H3. The Morgan fingerprint density at radius 3 is 2.09 bits per heavy atom. The number of halogens is 2. The van der Waals surface area contributed by atoms with Gasteiger partial charge in [0.1, 0.15) is 12.4 Å². The van der Waals surface area contributed by atoms with Crippen LogP contribution in [0.15, 0.2) is 36.4 Å². The molecule has 9 heteroatoms. The molecule has 34 heavy (non-hydrogen) atoms. The summed E-state index contributed by atoms with van der Waals surface area (Å²) < 4.78 is 35.2. The number of pyridine rings is 1. The molecule has 0 spiro atoms. The predicted octanol–water partition coefficient (Wildman–Crippen LogP) is 5.32. The second kappa shape index (κ2) is 10.5. The lowest BCUT2D eigenvalue weighted by atomic mass is 9.92. The van der Waals surface area contributed by atoms with Crippen LogP contribution in [-0.4, -0.2) is 38.3 Å². The number of ether oxygens (including phenoxy) is 4. The summed E-state index contributed by atoms with van der Waals surface area (Å²) in [5, 5.41) is 0.240. The zero-order valence-corrected chi connectivity index (χ0v) is 20.1. The van der Waals surface area contributed by atoms with E-state index < -0.39 is 17.8 Å².